The molecule has 46 heavy (non-hydrogen) atoms. The topological polar surface area (TPSA) is 170 Å². The normalized spacial score (nSPS) is 26.6. The Morgan fingerprint density at radius 1 is 1.09 bits per heavy atom. The number of aryl methyl sites for hydroxylation is 1. The van der Waals surface area contributed by atoms with Crippen molar-refractivity contribution < 1.29 is 36.9 Å². The number of aliphatic hydroxyl groups excluding tert-OH is 3. The molecule has 1 saturated carbocycles. The van der Waals surface area contributed by atoms with Gasteiger partial charge in [-0.1, -0.05) is 49.4 Å². The van der Waals surface area contributed by atoms with E-state index in [9.17, 15) is 36.9 Å². The number of amides is 1. The summed E-state index contributed by atoms with van der Waals surface area (Å²) in [7, 11) is -7.87. The number of unbranched alkanes of at least 4 members (excludes halogenated alkanes) is 1. The van der Waals surface area contributed by atoms with Gasteiger partial charge in [-0.15, -0.1) is 11.3 Å². The van der Waals surface area contributed by atoms with Gasteiger partial charge in [-0.05, 0) is 94.7 Å². The Balaban J connectivity index is 1.22. The van der Waals surface area contributed by atoms with Crippen molar-refractivity contribution in [1.82, 2.24) is 10.0 Å². The fourth-order valence-corrected chi connectivity index (χ4v) is 11.6. The lowest BCUT2D eigenvalue weighted by molar-refractivity contribution is -0.119. The van der Waals surface area contributed by atoms with Gasteiger partial charge in [0.2, 0.25) is 5.91 Å². The van der Waals surface area contributed by atoms with Gasteiger partial charge in [0.05, 0.1) is 23.6 Å². The summed E-state index contributed by atoms with van der Waals surface area (Å²) in [6.07, 6.45) is 6.81. The number of allylic oxidation sites excluding steroid dienone is 2. The number of carbonyl (C=O) groups is 1. The second-order valence-electron chi connectivity index (χ2n) is 12.6. The molecule has 0 spiro atoms. The van der Waals surface area contributed by atoms with E-state index in [4.69, 9.17) is 0 Å². The second-order valence-corrected chi connectivity index (χ2v) is 18.1. The number of thiophene rings is 1. The van der Waals surface area contributed by atoms with E-state index in [2.05, 4.69) is 10.0 Å². The van der Waals surface area contributed by atoms with Crippen LogP contribution < -0.4 is 10.0 Å². The molecular formula is C33H48N2O8S3. The van der Waals surface area contributed by atoms with Crippen molar-refractivity contribution in [2.24, 2.45) is 11.8 Å². The van der Waals surface area contributed by atoms with Crippen LogP contribution in [0.4, 0.5) is 0 Å². The summed E-state index contributed by atoms with van der Waals surface area (Å²) in [5.41, 5.74) is 1.61. The number of rotatable bonds is 16. The minimum atomic E-state index is -4.23. The Bertz CT molecular complexity index is 1540. The highest BCUT2D eigenvalue weighted by molar-refractivity contribution is 7.95. The molecule has 1 aromatic heterocycles. The highest BCUT2D eigenvalue weighted by Gasteiger charge is 2.41. The molecule has 2 aliphatic rings. The number of carbonyl (C=O) groups excluding carboxylic acids is 1. The van der Waals surface area contributed by atoms with Gasteiger partial charge in [-0.3, -0.25) is 4.79 Å². The van der Waals surface area contributed by atoms with Gasteiger partial charge in [-0.25, -0.2) is 21.6 Å². The zero-order valence-corrected chi connectivity index (χ0v) is 29.0. The lowest BCUT2D eigenvalue weighted by atomic mass is 9.85. The first-order valence-corrected chi connectivity index (χ1v) is 20.1. The average Bonchev–Trinajstić information content (AvgIpc) is 3.58. The molecular weight excluding hydrogens is 649 g/mol. The van der Waals surface area contributed by atoms with E-state index < -0.39 is 49.3 Å². The molecule has 1 fully saturated rings. The van der Waals surface area contributed by atoms with Crippen LogP contribution in [0.25, 0.3) is 0 Å². The number of aliphatic hydroxyl groups is 3. The van der Waals surface area contributed by atoms with E-state index in [0.29, 0.717) is 74.8 Å². The fraction of sp³-hybridized carbons (Fsp3) is 0.606. The predicted octanol–water partition coefficient (Wildman–Crippen LogP) is 4.02. The van der Waals surface area contributed by atoms with Crippen LogP contribution in [-0.2, 0) is 31.1 Å². The largest absolute Gasteiger partial charge is 0.393 e. The van der Waals surface area contributed by atoms with Crippen LogP contribution in [0, 0.1) is 11.8 Å². The van der Waals surface area contributed by atoms with E-state index in [1.165, 1.54) is 11.6 Å². The molecule has 0 saturated heterocycles. The third kappa shape index (κ3) is 9.27. The number of hydrogen-bond donors (Lipinski definition) is 5. The standard InChI is InChI=1S/C33H48N2O8S3/c1-3-34-28-19-22(2)45(40,41)33-27(28)20-32(44-33)46(42,43)35-31(39)14-10-5-4-9-13-25-26(30(38)21-29(25)37)18-17-24(36)16-15-23-11-7-6-8-12-23/h4,6-9,11-12,20,22,24-26,28-30,34,36-38H,3,5,10,13-19,21H2,1-2H3,(H,35,39)/b9-4-/t22-,24+,25-,26-,28-,29+,30-/m1/s1. The quantitative estimate of drug-likeness (QED) is 0.129. The zero-order valence-electron chi connectivity index (χ0n) is 26.5. The third-order valence-corrected chi connectivity index (χ3v) is 15.0. The van der Waals surface area contributed by atoms with Crippen molar-refractivity contribution in [2.45, 2.75) is 116 Å². The van der Waals surface area contributed by atoms with Crippen LogP contribution in [0.15, 0.2) is 57.0 Å². The number of benzene rings is 1. The summed E-state index contributed by atoms with van der Waals surface area (Å²) in [5, 5.41) is 34.2. The smallest absolute Gasteiger partial charge is 0.273 e. The Hall–Kier alpha value is -2.13. The molecule has 0 bridgehead atoms. The fourth-order valence-electron chi connectivity index (χ4n) is 6.59. The molecule has 2 heterocycles. The summed E-state index contributed by atoms with van der Waals surface area (Å²) in [6, 6.07) is 11.1. The first-order valence-electron chi connectivity index (χ1n) is 16.2. The van der Waals surface area contributed by atoms with E-state index >= 15 is 0 Å². The Morgan fingerprint density at radius 2 is 1.80 bits per heavy atom. The van der Waals surface area contributed by atoms with Crippen molar-refractivity contribution in [3.8, 4) is 0 Å². The van der Waals surface area contributed by atoms with Crippen molar-refractivity contribution in [2.75, 3.05) is 6.54 Å². The Labute approximate surface area is 277 Å². The highest BCUT2D eigenvalue weighted by atomic mass is 32.3. The molecule has 1 aliphatic heterocycles. The lowest BCUT2D eigenvalue weighted by Crippen LogP contribution is -2.33. The van der Waals surface area contributed by atoms with Crippen molar-refractivity contribution in [3.05, 3.63) is 59.7 Å². The van der Waals surface area contributed by atoms with Crippen molar-refractivity contribution >= 4 is 37.1 Å². The SMILES string of the molecule is CCN[C@@H]1C[C@@H](C)S(=O)(=O)c2sc(S(=O)(=O)NC(=O)CCC/C=C\C[C@@H]3[C@@H](CC[C@@H](O)CCc4ccccc4)[C@H](O)C[C@@H]3O)cc21. The van der Waals surface area contributed by atoms with Gasteiger partial charge in [-0.2, -0.15) is 0 Å². The predicted molar refractivity (Wildman–Crippen MR) is 179 cm³/mol. The van der Waals surface area contributed by atoms with Gasteiger partial charge < -0.3 is 20.6 Å². The summed E-state index contributed by atoms with van der Waals surface area (Å²) in [4.78, 5) is 12.5. The summed E-state index contributed by atoms with van der Waals surface area (Å²) >= 11 is 0.684. The van der Waals surface area contributed by atoms with Gasteiger partial charge in [0.25, 0.3) is 10.0 Å². The van der Waals surface area contributed by atoms with Crippen LogP contribution in [0.3, 0.4) is 0 Å². The molecule has 1 aliphatic carbocycles. The molecule has 13 heteroatoms. The number of hydrogen-bond acceptors (Lipinski definition) is 10. The monoisotopic (exact) mass is 696 g/mol. The highest BCUT2D eigenvalue weighted by Crippen LogP contribution is 2.43. The van der Waals surface area contributed by atoms with Gasteiger partial charge in [0.15, 0.2) is 9.84 Å². The second kappa shape index (κ2) is 16.3. The molecule has 1 amide bonds. The van der Waals surface area contributed by atoms with Crippen molar-refractivity contribution in [1.29, 1.82) is 0 Å². The molecule has 5 N–H and O–H groups in total. The van der Waals surface area contributed by atoms with Crippen molar-refractivity contribution in [3.63, 3.8) is 0 Å². The molecule has 1 aromatic carbocycles. The molecule has 7 atom stereocenters. The van der Waals surface area contributed by atoms with Crippen LogP contribution in [-0.4, -0.2) is 68.2 Å². The number of sulfone groups is 1. The lowest BCUT2D eigenvalue weighted by Gasteiger charge is -2.27. The number of fused-ring (bicyclic) bond motifs is 1. The summed E-state index contributed by atoms with van der Waals surface area (Å²) < 4.78 is 53.6. The molecule has 10 nitrogen and oxygen atoms in total. The number of sulfonamides is 1. The molecule has 0 unspecified atom stereocenters. The van der Waals surface area contributed by atoms with E-state index in [1.807, 2.05) is 49.4 Å². The maximum Gasteiger partial charge on any atom is 0.273 e. The maximum atomic E-state index is 13.0. The van der Waals surface area contributed by atoms with E-state index in [1.54, 1.807) is 6.92 Å². The molecule has 0 radical (unpaired) electrons. The average molecular weight is 697 g/mol. The number of nitrogens with one attached hydrogen (secondary N) is 2. The summed E-state index contributed by atoms with van der Waals surface area (Å²) in [6.45, 7) is 4.11. The maximum absolute atomic E-state index is 13.0. The first kappa shape index (κ1) is 36.7. The molecule has 2 aromatic rings. The Morgan fingerprint density at radius 3 is 2.52 bits per heavy atom. The van der Waals surface area contributed by atoms with Gasteiger partial charge in [0, 0.05) is 18.0 Å². The summed E-state index contributed by atoms with van der Waals surface area (Å²) in [5.74, 6) is -0.910. The van der Waals surface area contributed by atoms with Crippen LogP contribution in [0.5, 0.6) is 0 Å². The first-order chi connectivity index (χ1) is 21.8. The van der Waals surface area contributed by atoms with E-state index in [-0.39, 0.29) is 32.7 Å². The van der Waals surface area contributed by atoms with Crippen LogP contribution in [0.1, 0.15) is 88.8 Å². The Kier molecular flexibility index (Phi) is 13.0. The molecule has 4 rings (SSSR count). The van der Waals surface area contributed by atoms with E-state index in [0.717, 1.165) is 6.42 Å². The van der Waals surface area contributed by atoms with Crippen LogP contribution in [0.2, 0.25) is 0 Å². The zero-order chi connectivity index (χ0) is 33.5. The van der Waals surface area contributed by atoms with Crippen LogP contribution >= 0.6 is 11.3 Å². The van der Waals surface area contributed by atoms with Gasteiger partial charge in [0.1, 0.15) is 8.42 Å². The molecule has 256 valence electrons. The minimum Gasteiger partial charge on any atom is -0.393 e. The van der Waals surface area contributed by atoms with Gasteiger partial charge >= 0.3 is 0 Å². The minimum absolute atomic E-state index is 0.0295. The third-order valence-electron chi connectivity index (χ3n) is 9.21.